The van der Waals surface area contributed by atoms with Crippen LogP contribution in [0.5, 0.6) is 0 Å². The van der Waals surface area contributed by atoms with Crippen LogP contribution < -0.4 is 0 Å². The average molecular weight is 1770 g/mol. The molecule has 9 heterocycles. The Morgan fingerprint density at radius 1 is 0.159 bits per heavy atom. The average Bonchev–Trinajstić information content (AvgIpc) is 1.60. The van der Waals surface area contributed by atoms with Crippen LogP contribution in [0.2, 0.25) is 0 Å². The molecule has 0 saturated heterocycles. The Morgan fingerprint density at radius 3 is 0.826 bits per heavy atom. The number of para-hydroxylation sites is 12. The number of hydrogen-bond acceptors (Lipinski definition) is 11. The number of nitrogens with zero attached hydrogens (tertiary/aromatic N) is 11. The van der Waals surface area contributed by atoms with Gasteiger partial charge in [-0.2, -0.15) is 9.97 Å². The second kappa shape index (κ2) is 33.7. The summed E-state index contributed by atoms with van der Waals surface area (Å²) < 4.78 is 25.8. The summed E-state index contributed by atoms with van der Waals surface area (Å²) in [6.07, 6.45) is 3.86. The minimum atomic E-state index is 0.580. The van der Waals surface area contributed by atoms with Gasteiger partial charge in [0.25, 0.3) is 0 Å². The maximum Gasteiger partial charge on any atom is 0.238 e. The van der Waals surface area contributed by atoms with Crippen LogP contribution in [0.3, 0.4) is 0 Å². The zero-order valence-electron chi connectivity index (χ0n) is 74.1. The molecule has 28 rings (SSSR count). The van der Waals surface area contributed by atoms with Crippen LogP contribution in [-0.4, -0.2) is 53.6 Å². The summed E-state index contributed by atoms with van der Waals surface area (Å²) >= 11 is 0. The monoisotopic (exact) mass is 1770 g/mol. The minimum absolute atomic E-state index is 0.580. The van der Waals surface area contributed by atoms with Crippen LogP contribution in [-0.2, 0) is 0 Å². The fourth-order valence-corrected chi connectivity index (χ4v) is 19.8. The number of benzene rings is 19. The van der Waals surface area contributed by atoms with E-state index in [4.69, 9.17) is 53.1 Å². The van der Waals surface area contributed by atoms with Crippen LogP contribution >= 0.6 is 0 Å². The molecular weight excluding hydrogens is 1690 g/mol. The number of hydrogen-bond donors (Lipinski definition) is 0. The fourth-order valence-electron chi connectivity index (χ4n) is 19.8. The number of aromatic nitrogens is 11. The topological polar surface area (TPSA) is 157 Å². The van der Waals surface area contributed by atoms with Gasteiger partial charge < -0.3 is 17.8 Å². The van der Waals surface area contributed by atoms with Gasteiger partial charge in [-0.25, -0.2) is 29.9 Å². The van der Waals surface area contributed by atoms with Gasteiger partial charge >= 0.3 is 0 Å². The molecule has 0 bridgehead atoms. The van der Waals surface area contributed by atoms with Crippen molar-refractivity contribution in [2.24, 2.45) is 0 Å². The third-order valence-electron chi connectivity index (χ3n) is 26.2. The van der Waals surface area contributed by atoms with Crippen LogP contribution in [0.25, 0.3) is 261 Å². The molecule has 0 aliphatic rings. The first-order chi connectivity index (χ1) is 68.4. The van der Waals surface area contributed by atoms with E-state index in [1.54, 1.807) is 0 Å². The Kier molecular flexibility index (Phi) is 19.5. The summed E-state index contributed by atoms with van der Waals surface area (Å²) in [7, 11) is 0. The van der Waals surface area contributed by atoms with E-state index < -0.39 is 0 Å². The van der Waals surface area contributed by atoms with Gasteiger partial charge in [-0.15, -0.1) is 0 Å². The smallest absolute Gasteiger partial charge is 0.238 e. The lowest BCUT2D eigenvalue weighted by atomic mass is 9.93. The molecule has 14 heteroatoms. The molecule has 0 aliphatic carbocycles. The molecule has 0 N–H and O–H groups in total. The number of rotatable bonds is 13. The standard InChI is InChI=1S/C45H28N4O.C40H25N3O.C39H24N4O/c1-2-13-29(14-3-1)43-46-44(31-16-10-15-30(27-31)34-22-12-23-38-37-21-6-9-26-41(37)50-42(34)38)48-45(47-43)32-17-11-18-33(28-32)49-39-24-7-4-19-35(39)36-20-5-8-25-40(36)49;1-2-11-26(12-3-1)27-21-28(23-29(22-27)31-16-10-17-35-34-15-6-9-20-38(34)44-39(31)35)30-24-41-40(42-25-30)43-36-18-7-4-13-32(36)33-14-5-8-19-37(33)43;1-2-12-25(13-3-1)37-40-38(42-39(41-37)43-33-21-7-4-16-29(33)30-17-5-8-22-34(30)43)27-15-10-14-26(24-27)28-19-11-20-32-31-18-6-9-23-35(31)44-36(28)32/h1-28H;1-25H;1-24H. The normalized spacial score (nSPS) is 11.6. The Hall–Kier alpha value is -18.9. The second-order valence-electron chi connectivity index (χ2n) is 34.4. The lowest BCUT2D eigenvalue weighted by molar-refractivity contribution is 0.669. The summed E-state index contributed by atoms with van der Waals surface area (Å²) in [5.41, 5.74) is 28.0. The number of fused-ring (bicyclic) bond motifs is 18. The Bertz CT molecular complexity index is 9470. The van der Waals surface area contributed by atoms with Crippen LogP contribution in [0.15, 0.2) is 481 Å². The van der Waals surface area contributed by atoms with Crippen molar-refractivity contribution >= 4 is 131 Å². The van der Waals surface area contributed by atoms with E-state index in [9.17, 15) is 0 Å². The van der Waals surface area contributed by atoms with E-state index in [1.165, 1.54) is 21.5 Å². The lowest BCUT2D eigenvalue weighted by Gasteiger charge is -2.12. The maximum atomic E-state index is 6.43. The van der Waals surface area contributed by atoms with Crippen molar-refractivity contribution in [2.45, 2.75) is 0 Å². The van der Waals surface area contributed by atoms with Gasteiger partial charge in [0, 0.05) is 133 Å². The van der Waals surface area contributed by atoms with Crippen molar-refractivity contribution in [3.63, 3.8) is 0 Å². The van der Waals surface area contributed by atoms with Crippen molar-refractivity contribution in [3.8, 4) is 130 Å². The van der Waals surface area contributed by atoms with Gasteiger partial charge in [0.1, 0.15) is 33.5 Å². The van der Waals surface area contributed by atoms with Crippen molar-refractivity contribution in [3.05, 3.63) is 467 Å². The quantitative estimate of drug-likeness (QED) is 0.108. The first kappa shape index (κ1) is 80.0. The first-order valence-corrected chi connectivity index (χ1v) is 46.1. The summed E-state index contributed by atoms with van der Waals surface area (Å²) in [6.45, 7) is 0. The third kappa shape index (κ3) is 14.1. The molecule has 0 spiro atoms. The van der Waals surface area contributed by atoms with E-state index in [0.29, 0.717) is 41.0 Å². The van der Waals surface area contributed by atoms with Gasteiger partial charge in [-0.3, -0.25) is 9.13 Å². The predicted octanol–water partition coefficient (Wildman–Crippen LogP) is 31.9. The van der Waals surface area contributed by atoms with Crippen LogP contribution in [0.1, 0.15) is 0 Å². The first-order valence-electron chi connectivity index (χ1n) is 46.1. The van der Waals surface area contributed by atoms with Crippen molar-refractivity contribution < 1.29 is 13.3 Å². The zero-order chi connectivity index (χ0) is 91.1. The third-order valence-corrected chi connectivity index (χ3v) is 26.2. The SMILES string of the molecule is c1ccc(-c2cc(-c3cnc(-n4c5ccccc5c5ccccc54)nc3)cc(-c3cccc4c3oc3ccccc34)c2)cc1.c1ccc(-c2nc(-c3cccc(-c4cccc5c4oc4ccccc45)c3)nc(-c3cccc(-n4c5ccccc5c5ccccc54)c3)n2)cc1.c1ccc(-c2nc(-c3cccc(-c4cccc5c4oc4ccccc45)c3)nc(-n3c4ccccc4c4ccccc43)n2)cc1. The maximum absolute atomic E-state index is 6.43. The highest BCUT2D eigenvalue weighted by atomic mass is 16.3. The highest BCUT2D eigenvalue weighted by molar-refractivity contribution is 6.15. The van der Waals surface area contributed by atoms with Gasteiger partial charge in [0.15, 0.2) is 29.1 Å². The van der Waals surface area contributed by atoms with Crippen LogP contribution in [0, 0.1) is 0 Å². The van der Waals surface area contributed by atoms with Crippen molar-refractivity contribution in [1.29, 1.82) is 0 Å². The highest BCUT2D eigenvalue weighted by Gasteiger charge is 2.25. The summed E-state index contributed by atoms with van der Waals surface area (Å²) in [6, 6.07) is 157. The summed E-state index contributed by atoms with van der Waals surface area (Å²) in [4.78, 5) is 40.2. The largest absolute Gasteiger partial charge is 0.455 e. The predicted molar refractivity (Wildman–Crippen MR) is 561 cm³/mol. The second-order valence-corrected chi connectivity index (χ2v) is 34.4. The molecule has 0 atom stereocenters. The van der Waals surface area contributed by atoms with Crippen molar-refractivity contribution in [1.82, 2.24) is 53.6 Å². The van der Waals surface area contributed by atoms with Gasteiger partial charge in [-0.05, 0) is 130 Å². The highest BCUT2D eigenvalue weighted by Crippen LogP contribution is 2.45. The summed E-state index contributed by atoms with van der Waals surface area (Å²) in [5, 5.41) is 13.8. The Balaban J connectivity index is 0.000000107. The van der Waals surface area contributed by atoms with Gasteiger partial charge in [-0.1, -0.05) is 358 Å². The molecule has 28 aromatic rings. The molecule has 0 radical (unpaired) electrons. The van der Waals surface area contributed by atoms with E-state index in [-0.39, 0.29) is 0 Å². The fraction of sp³-hybridized carbons (Fsp3) is 0. The molecular formula is C124H77N11O3. The molecule has 14 nitrogen and oxygen atoms in total. The lowest BCUT2D eigenvalue weighted by Crippen LogP contribution is -2.06. The van der Waals surface area contributed by atoms with E-state index in [2.05, 4.69) is 353 Å². The molecule has 0 fully saturated rings. The van der Waals surface area contributed by atoms with E-state index >= 15 is 0 Å². The summed E-state index contributed by atoms with van der Waals surface area (Å²) in [5.74, 6) is 4.30. The van der Waals surface area contributed by atoms with Gasteiger partial charge in [0.2, 0.25) is 11.9 Å². The molecule has 0 unspecified atom stereocenters. The molecule has 0 aliphatic heterocycles. The van der Waals surface area contributed by atoms with Gasteiger partial charge in [0.05, 0.1) is 33.1 Å². The molecule has 646 valence electrons. The van der Waals surface area contributed by atoms with E-state index in [0.717, 1.165) is 199 Å². The molecule has 19 aromatic carbocycles. The zero-order valence-corrected chi connectivity index (χ0v) is 74.1. The number of furan rings is 3. The Labute approximate surface area is 790 Å². The minimum Gasteiger partial charge on any atom is -0.455 e. The van der Waals surface area contributed by atoms with Crippen LogP contribution in [0.4, 0.5) is 0 Å². The molecule has 9 aromatic heterocycles. The molecule has 0 amide bonds. The molecule has 0 saturated carbocycles. The molecule has 138 heavy (non-hydrogen) atoms. The van der Waals surface area contributed by atoms with E-state index in [1.807, 2.05) is 128 Å². The van der Waals surface area contributed by atoms with Crippen molar-refractivity contribution in [2.75, 3.05) is 0 Å². The Morgan fingerprint density at radius 2 is 0.420 bits per heavy atom.